The number of aromatic amines is 1. The number of rotatable bonds is 3. The third kappa shape index (κ3) is 2.40. The van der Waals surface area contributed by atoms with E-state index in [0.29, 0.717) is 22.9 Å². The van der Waals surface area contributed by atoms with E-state index in [1.54, 1.807) is 11.3 Å². The van der Waals surface area contributed by atoms with Crippen molar-refractivity contribution >= 4 is 28.3 Å². The number of nitrogens with two attached hydrogens (primary N) is 1. The van der Waals surface area contributed by atoms with E-state index in [1.165, 1.54) is 16.5 Å². The summed E-state index contributed by atoms with van der Waals surface area (Å²) in [6, 6.07) is 4.98. The molecule has 0 fully saturated rings. The number of hydrogen-bond acceptors (Lipinski definition) is 4. The molecule has 3 aromatic rings. The number of imidazole rings is 1. The van der Waals surface area contributed by atoms with Crippen LogP contribution in [-0.4, -0.2) is 22.4 Å². The summed E-state index contributed by atoms with van der Waals surface area (Å²) < 4.78 is 13.7. The maximum absolute atomic E-state index is 13.7. The lowest BCUT2D eigenvalue weighted by molar-refractivity contribution is 0.100. The largest absolute Gasteiger partial charge is 0.366 e. The van der Waals surface area contributed by atoms with Crippen LogP contribution in [0.5, 0.6) is 0 Å². The van der Waals surface area contributed by atoms with Gasteiger partial charge in [-0.15, -0.1) is 11.3 Å². The van der Waals surface area contributed by atoms with E-state index in [-0.39, 0.29) is 5.56 Å². The Morgan fingerprint density at radius 2 is 2.29 bits per heavy atom. The van der Waals surface area contributed by atoms with Crippen LogP contribution in [0, 0.1) is 5.82 Å². The Morgan fingerprint density at radius 3 is 3.04 bits per heavy atom. The molecule has 5 nitrogen and oxygen atoms in total. The number of carbonyl (C=O) groups is 1. The fourth-order valence-electron chi connectivity index (χ4n) is 3.24. The number of aromatic nitrogens is 2. The van der Waals surface area contributed by atoms with Crippen LogP contribution in [0.25, 0.3) is 21.7 Å². The van der Waals surface area contributed by atoms with Gasteiger partial charge in [0.15, 0.2) is 0 Å². The summed E-state index contributed by atoms with van der Waals surface area (Å²) in [6.07, 6.45) is 2.02. The molecule has 0 saturated heterocycles. The highest BCUT2D eigenvalue weighted by Crippen LogP contribution is 2.38. The van der Waals surface area contributed by atoms with Crippen LogP contribution in [0.15, 0.2) is 18.2 Å². The first-order valence-electron chi connectivity index (χ1n) is 7.92. The van der Waals surface area contributed by atoms with Gasteiger partial charge in [-0.25, -0.2) is 9.37 Å². The molecular weight excluding hydrogens is 327 g/mol. The number of benzene rings is 1. The van der Waals surface area contributed by atoms with Gasteiger partial charge in [-0.3, -0.25) is 4.79 Å². The number of H-pyrrole nitrogens is 1. The van der Waals surface area contributed by atoms with Crippen molar-refractivity contribution in [3.8, 4) is 10.7 Å². The molecule has 0 saturated carbocycles. The van der Waals surface area contributed by atoms with Gasteiger partial charge in [0.1, 0.15) is 17.2 Å². The Balaban J connectivity index is 1.84. The number of nitrogens with zero attached hydrogens (tertiary/aromatic N) is 1. The Bertz CT molecular complexity index is 946. The minimum absolute atomic E-state index is 0.0990. The summed E-state index contributed by atoms with van der Waals surface area (Å²) in [5.74, 6) is -0.544. The van der Waals surface area contributed by atoms with Crippen LogP contribution in [0.2, 0.25) is 0 Å². The van der Waals surface area contributed by atoms with Gasteiger partial charge in [-0.1, -0.05) is 6.92 Å². The van der Waals surface area contributed by atoms with Crippen molar-refractivity contribution in [1.82, 2.24) is 15.3 Å². The third-order valence-electron chi connectivity index (χ3n) is 4.40. The summed E-state index contributed by atoms with van der Waals surface area (Å²) in [5.41, 5.74) is 7.68. The molecule has 7 heteroatoms. The highest BCUT2D eigenvalue weighted by Gasteiger charge is 2.23. The number of amides is 1. The zero-order valence-electron chi connectivity index (χ0n) is 13.1. The fraction of sp³-hybridized carbons (Fsp3) is 0.294. The normalized spacial score (nSPS) is 17.2. The molecule has 2 aromatic heterocycles. The van der Waals surface area contributed by atoms with Gasteiger partial charge in [-0.05, 0) is 43.1 Å². The Hall–Kier alpha value is -2.25. The van der Waals surface area contributed by atoms with Crippen LogP contribution < -0.4 is 11.1 Å². The topological polar surface area (TPSA) is 83.8 Å². The maximum atomic E-state index is 13.7. The lowest BCUT2D eigenvalue weighted by Crippen LogP contribution is -2.27. The number of halogens is 1. The van der Waals surface area contributed by atoms with E-state index >= 15 is 0 Å². The van der Waals surface area contributed by atoms with E-state index in [0.717, 1.165) is 30.3 Å². The predicted molar refractivity (Wildman–Crippen MR) is 92.6 cm³/mol. The number of primary amides is 1. The number of carbonyl (C=O) groups excluding carboxylic acids is 1. The van der Waals surface area contributed by atoms with Crippen molar-refractivity contribution in [2.24, 2.45) is 5.73 Å². The van der Waals surface area contributed by atoms with Gasteiger partial charge in [0.25, 0.3) is 5.91 Å². The second-order valence-corrected chi connectivity index (χ2v) is 7.05. The maximum Gasteiger partial charge on any atom is 0.251 e. The molecule has 1 amide bonds. The van der Waals surface area contributed by atoms with E-state index in [9.17, 15) is 9.18 Å². The molecule has 0 bridgehead atoms. The standard InChI is InChI=1S/C17H17FN4OS/c1-2-11-15-8(3-4-20-11)5-13(24-15)17-21-12-7-9(18)6-10(16(19)23)14(12)22-17/h5-7,11,20H,2-4H2,1H3,(H2,19,23)(H,21,22). The zero-order valence-corrected chi connectivity index (χ0v) is 14.0. The molecule has 0 spiro atoms. The lowest BCUT2D eigenvalue weighted by Gasteiger charge is -2.22. The summed E-state index contributed by atoms with van der Waals surface area (Å²) in [4.78, 5) is 21.5. The molecule has 24 heavy (non-hydrogen) atoms. The number of thiophene rings is 1. The molecule has 0 radical (unpaired) electrons. The highest BCUT2D eigenvalue weighted by atomic mass is 32.1. The molecule has 4 rings (SSSR count). The van der Waals surface area contributed by atoms with Crippen molar-refractivity contribution in [2.45, 2.75) is 25.8 Å². The number of fused-ring (bicyclic) bond motifs is 2. The van der Waals surface area contributed by atoms with Gasteiger partial charge in [-0.2, -0.15) is 0 Å². The second-order valence-electron chi connectivity index (χ2n) is 5.96. The SMILES string of the molecule is CCC1NCCc2cc(-c3nc4c(C(N)=O)cc(F)cc4[nH]3)sc21. The first-order chi connectivity index (χ1) is 11.6. The zero-order chi connectivity index (χ0) is 16.8. The van der Waals surface area contributed by atoms with E-state index in [4.69, 9.17) is 5.73 Å². The fourth-order valence-corrected chi connectivity index (χ4v) is 4.56. The van der Waals surface area contributed by atoms with Crippen molar-refractivity contribution in [3.05, 3.63) is 40.0 Å². The Labute approximate surface area is 142 Å². The van der Waals surface area contributed by atoms with Crippen LogP contribution in [0.4, 0.5) is 4.39 Å². The van der Waals surface area contributed by atoms with E-state index in [1.807, 2.05) is 0 Å². The minimum Gasteiger partial charge on any atom is -0.366 e. The Kier molecular flexibility index (Phi) is 3.62. The molecule has 3 heterocycles. The van der Waals surface area contributed by atoms with Gasteiger partial charge in [0, 0.05) is 10.9 Å². The smallest absolute Gasteiger partial charge is 0.251 e. The highest BCUT2D eigenvalue weighted by molar-refractivity contribution is 7.15. The van der Waals surface area contributed by atoms with Crippen molar-refractivity contribution in [2.75, 3.05) is 6.54 Å². The Morgan fingerprint density at radius 1 is 1.46 bits per heavy atom. The van der Waals surface area contributed by atoms with Crippen LogP contribution >= 0.6 is 11.3 Å². The molecular formula is C17H17FN4OS. The quantitative estimate of drug-likeness (QED) is 0.682. The first kappa shape index (κ1) is 15.3. The molecule has 1 aliphatic rings. The molecule has 124 valence electrons. The third-order valence-corrected chi connectivity index (χ3v) is 5.70. The average Bonchev–Trinajstić information content (AvgIpc) is 3.16. The van der Waals surface area contributed by atoms with Gasteiger partial charge in [0.05, 0.1) is 16.0 Å². The number of hydrogen-bond donors (Lipinski definition) is 3. The van der Waals surface area contributed by atoms with Crippen molar-refractivity contribution in [3.63, 3.8) is 0 Å². The van der Waals surface area contributed by atoms with Crippen LogP contribution in [0.1, 0.15) is 40.2 Å². The molecule has 1 unspecified atom stereocenters. The van der Waals surface area contributed by atoms with Gasteiger partial charge >= 0.3 is 0 Å². The van der Waals surface area contributed by atoms with Crippen LogP contribution in [0.3, 0.4) is 0 Å². The summed E-state index contributed by atoms with van der Waals surface area (Å²) in [7, 11) is 0. The molecule has 1 atom stereocenters. The molecule has 1 aromatic carbocycles. The van der Waals surface area contributed by atoms with Crippen LogP contribution in [-0.2, 0) is 6.42 Å². The van der Waals surface area contributed by atoms with Gasteiger partial charge < -0.3 is 16.0 Å². The summed E-state index contributed by atoms with van der Waals surface area (Å²) >= 11 is 1.69. The molecule has 1 aliphatic heterocycles. The summed E-state index contributed by atoms with van der Waals surface area (Å²) in [5, 5.41) is 3.52. The number of nitrogens with one attached hydrogen (secondary N) is 2. The monoisotopic (exact) mass is 344 g/mol. The lowest BCUT2D eigenvalue weighted by atomic mass is 10.0. The van der Waals surface area contributed by atoms with Gasteiger partial charge in [0.2, 0.25) is 0 Å². The van der Waals surface area contributed by atoms with Crippen molar-refractivity contribution < 1.29 is 9.18 Å². The molecule has 0 aliphatic carbocycles. The van der Waals surface area contributed by atoms with Crippen molar-refractivity contribution in [1.29, 1.82) is 0 Å². The summed E-state index contributed by atoms with van der Waals surface area (Å²) in [6.45, 7) is 3.13. The average molecular weight is 344 g/mol. The molecule has 4 N–H and O–H groups in total. The minimum atomic E-state index is -0.682. The first-order valence-corrected chi connectivity index (χ1v) is 8.74. The van der Waals surface area contributed by atoms with E-state index < -0.39 is 11.7 Å². The predicted octanol–water partition coefficient (Wildman–Crippen LogP) is 3.13. The second kappa shape index (κ2) is 5.68. The van der Waals surface area contributed by atoms with E-state index in [2.05, 4.69) is 28.3 Å².